The maximum Gasteiger partial charge on any atom is 0.163 e. The molecule has 0 aromatic heterocycles. The molecule has 0 unspecified atom stereocenters. The molecule has 0 bridgehead atoms. The van der Waals surface area contributed by atoms with Crippen molar-refractivity contribution in [1.29, 1.82) is 0 Å². The molecule has 4 heteroatoms. The van der Waals surface area contributed by atoms with Crippen LogP contribution in [-0.2, 0) is 14.2 Å². The molecule has 1 rings (SSSR count). The van der Waals surface area contributed by atoms with Crippen LogP contribution in [0.3, 0.4) is 0 Å². The van der Waals surface area contributed by atoms with Crippen LogP contribution in [0.1, 0.15) is 39.5 Å². The van der Waals surface area contributed by atoms with Crippen molar-refractivity contribution in [2.75, 3.05) is 19.8 Å². The molecule has 1 aliphatic heterocycles. The van der Waals surface area contributed by atoms with Crippen molar-refractivity contribution >= 4 is 0 Å². The molecule has 1 aliphatic rings. The first-order valence-electron chi connectivity index (χ1n) is 6.57. The van der Waals surface area contributed by atoms with Gasteiger partial charge >= 0.3 is 0 Å². The summed E-state index contributed by atoms with van der Waals surface area (Å²) >= 11 is 0. The van der Waals surface area contributed by atoms with Gasteiger partial charge in [-0.05, 0) is 26.7 Å². The SMILES string of the molecule is C#CCCCCCOC[C@@H]1OC(C)(C)O[C@H]1CO. The zero-order valence-electron chi connectivity index (χ0n) is 11.4. The second kappa shape index (κ2) is 7.75. The van der Waals surface area contributed by atoms with E-state index in [2.05, 4.69) is 5.92 Å². The van der Waals surface area contributed by atoms with Gasteiger partial charge in [-0.3, -0.25) is 0 Å². The molecule has 0 spiro atoms. The molecule has 18 heavy (non-hydrogen) atoms. The monoisotopic (exact) mass is 256 g/mol. The summed E-state index contributed by atoms with van der Waals surface area (Å²) in [6.07, 6.45) is 8.67. The van der Waals surface area contributed by atoms with Crippen LogP contribution in [-0.4, -0.2) is 42.9 Å². The Balaban J connectivity index is 2.10. The summed E-state index contributed by atoms with van der Waals surface area (Å²) in [5.41, 5.74) is 0. The van der Waals surface area contributed by atoms with Crippen molar-refractivity contribution in [3.63, 3.8) is 0 Å². The minimum atomic E-state index is -0.631. The average Bonchev–Trinajstić information content (AvgIpc) is 2.63. The fourth-order valence-corrected chi connectivity index (χ4v) is 2.01. The van der Waals surface area contributed by atoms with E-state index in [0.717, 1.165) is 25.7 Å². The third kappa shape index (κ3) is 5.36. The van der Waals surface area contributed by atoms with Gasteiger partial charge in [0.05, 0.1) is 13.2 Å². The molecule has 0 aliphatic carbocycles. The Morgan fingerprint density at radius 1 is 1.22 bits per heavy atom. The molecule has 1 N–H and O–H groups in total. The first kappa shape index (κ1) is 15.5. The van der Waals surface area contributed by atoms with Crippen LogP contribution < -0.4 is 0 Å². The largest absolute Gasteiger partial charge is 0.394 e. The van der Waals surface area contributed by atoms with Gasteiger partial charge in [-0.25, -0.2) is 0 Å². The molecule has 4 nitrogen and oxygen atoms in total. The highest BCUT2D eigenvalue weighted by Crippen LogP contribution is 2.27. The fraction of sp³-hybridized carbons (Fsp3) is 0.857. The molecular weight excluding hydrogens is 232 g/mol. The van der Waals surface area contributed by atoms with Gasteiger partial charge in [-0.1, -0.05) is 6.42 Å². The molecule has 2 atom stereocenters. The lowest BCUT2D eigenvalue weighted by atomic mass is 10.2. The van der Waals surface area contributed by atoms with E-state index in [1.807, 2.05) is 13.8 Å². The van der Waals surface area contributed by atoms with Crippen LogP contribution >= 0.6 is 0 Å². The second-order valence-corrected chi connectivity index (χ2v) is 4.98. The molecular formula is C14H24O4. The first-order chi connectivity index (χ1) is 8.59. The number of hydrogen-bond acceptors (Lipinski definition) is 4. The number of rotatable bonds is 8. The van der Waals surface area contributed by atoms with Crippen molar-refractivity contribution < 1.29 is 19.3 Å². The highest BCUT2D eigenvalue weighted by molar-refractivity contribution is 4.83. The third-order valence-corrected chi connectivity index (χ3v) is 2.86. The summed E-state index contributed by atoms with van der Waals surface area (Å²) in [7, 11) is 0. The van der Waals surface area contributed by atoms with Crippen molar-refractivity contribution in [3.8, 4) is 12.3 Å². The normalized spacial score (nSPS) is 26.1. The molecule has 0 amide bonds. The Kier molecular flexibility index (Phi) is 6.66. The van der Waals surface area contributed by atoms with E-state index in [-0.39, 0.29) is 18.8 Å². The maximum atomic E-state index is 9.19. The first-order valence-corrected chi connectivity index (χ1v) is 6.57. The summed E-state index contributed by atoms with van der Waals surface area (Å²) in [4.78, 5) is 0. The average molecular weight is 256 g/mol. The van der Waals surface area contributed by atoms with E-state index in [1.165, 1.54) is 0 Å². The van der Waals surface area contributed by atoms with Crippen LogP contribution in [0, 0.1) is 12.3 Å². The van der Waals surface area contributed by atoms with E-state index >= 15 is 0 Å². The topological polar surface area (TPSA) is 47.9 Å². The number of ether oxygens (including phenoxy) is 3. The molecule has 1 fully saturated rings. The smallest absolute Gasteiger partial charge is 0.163 e. The predicted molar refractivity (Wildman–Crippen MR) is 69.0 cm³/mol. The fourth-order valence-electron chi connectivity index (χ4n) is 2.01. The molecule has 0 saturated carbocycles. The minimum absolute atomic E-state index is 0.0420. The van der Waals surface area contributed by atoms with Gasteiger partial charge in [-0.15, -0.1) is 12.3 Å². The van der Waals surface area contributed by atoms with Crippen LogP contribution in [0.5, 0.6) is 0 Å². The minimum Gasteiger partial charge on any atom is -0.394 e. The Hall–Kier alpha value is -0.600. The lowest BCUT2D eigenvalue weighted by Gasteiger charge is -2.16. The summed E-state index contributed by atoms with van der Waals surface area (Å²) in [6.45, 7) is 4.80. The number of unbranched alkanes of at least 4 members (excludes halogenated alkanes) is 3. The molecule has 104 valence electrons. The van der Waals surface area contributed by atoms with E-state index in [4.69, 9.17) is 20.6 Å². The molecule has 1 heterocycles. The van der Waals surface area contributed by atoms with E-state index in [0.29, 0.717) is 13.2 Å². The van der Waals surface area contributed by atoms with Crippen LogP contribution in [0.25, 0.3) is 0 Å². The zero-order chi connectivity index (χ0) is 13.4. The van der Waals surface area contributed by atoms with Crippen molar-refractivity contribution in [3.05, 3.63) is 0 Å². The van der Waals surface area contributed by atoms with Gasteiger partial charge < -0.3 is 19.3 Å². The highest BCUT2D eigenvalue weighted by atomic mass is 16.8. The van der Waals surface area contributed by atoms with Gasteiger partial charge in [0, 0.05) is 13.0 Å². The van der Waals surface area contributed by atoms with Gasteiger partial charge in [0.15, 0.2) is 5.79 Å². The van der Waals surface area contributed by atoms with Crippen LogP contribution in [0.4, 0.5) is 0 Å². The van der Waals surface area contributed by atoms with Gasteiger partial charge in [0.25, 0.3) is 0 Å². The summed E-state index contributed by atoms with van der Waals surface area (Å²) in [5.74, 6) is 1.99. The Morgan fingerprint density at radius 2 is 1.94 bits per heavy atom. The molecule has 0 radical (unpaired) electrons. The van der Waals surface area contributed by atoms with Gasteiger partial charge in [0.2, 0.25) is 0 Å². The quantitative estimate of drug-likeness (QED) is 0.530. The molecule has 1 saturated heterocycles. The Morgan fingerprint density at radius 3 is 2.61 bits per heavy atom. The van der Waals surface area contributed by atoms with Crippen LogP contribution in [0.15, 0.2) is 0 Å². The van der Waals surface area contributed by atoms with Gasteiger partial charge in [-0.2, -0.15) is 0 Å². The van der Waals surface area contributed by atoms with E-state index in [9.17, 15) is 5.11 Å². The number of terminal acetylenes is 1. The lowest BCUT2D eigenvalue weighted by Crippen LogP contribution is -2.30. The standard InChI is InChI=1S/C14H24O4/c1-4-5-6-7-8-9-16-11-13-12(10-15)17-14(2,3)18-13/h1,12-13,15H,5-11H2,2-3H3/t12-,13-/m0/s1. The number of aliphatic hydroxyl groups is 1. The molecule has 0 aromatic carbocycles. The van der Waals surface area contributed by atoms with Crippen LogP contribution in [0.2, 0.25) is 0 Å². The van der Waals surface area contributed by atoms with Gasteiger partial charge in [0.1, 0.15) is 12.2 Å². The Labute approximate surface area is 110 Å². The van der Waals surface area contributed by atoms with Crippen molar-refractivity contribution in [2.45, 2.75) is 57.5 Å². The number of aliphatic hydroxyl groups excluding tert-OH is 1. The number of hydrogen-bond donors (Lipinski definition) is 1. The predicted octanol–water partition coefficient (Wildman–Crippen LogP) is 1.71. The van der Waals surface area contributed by atoms with E-state index in [1.54, 1.807) is 0 Å². The lowest BCUT2D eigenvalue weighted by molar-refractivity contribution is -0.153. The third-order valence-electron chi connectivity index (χ3n) is 2.86. The van der Waals surface area contributed by atoms with Crippen molar-refractivity contribution in [1.82, 2.24) is 0 Å². The highest BCUT2D eigenvalue weighted by Gasteiger charge is 2.40. The second-order valence-electron chi connectivity index (χ2n) is 4.98. The van der Waals surface area contributed by atoms with E-state index < -0.39 is 5.79 Å². The molecule has 0 aromatic rings. The summed E-state index contributed by atoms with van der Waals surface area (Å²) < 4.78 is 16.8. The maximum absolute atomic E-state index is 9.19. The van der Waals surface area contributed by atoms with Crippen molar-refractivity contribution in [2.24, 2.45) is 0 Å². The zero-order valence-corrected chi connectivity index (χ0v) is 11.4. The summed E-state index contributed by atoms with van der Waals surface area (Å²) in [5, 5.41) is 9.19. The summed E-state index contributed by atoms with van der Waals surface area (Å²) in [6, 6.07) is 0. The Bertz CT molecular complexity index is 269.